The molecule has 0 saturated carbocycles. The van der Waals surface area contributed by atoms with Gasteiger partial charge in [-0.15, -0.1) is 0 Å². The molecule has 1 rings (SSSR count). The van der Waals surface area contributed by atoms with Crippen molar-refractivity contribution < 1.29 is 9.47 Å². The minimum atomic E-state index is 0.460. The van der Waals surface area contributed by atoms with E-state index in [0.717, 1.165) is 12.8 Å². The number of hydrogen-bond donors (Lipinski definition) is 1. The third-order valence-electron chi connectivity index (χ3n) is 2.36. The van der Waals surface area contributed by atoms with E-state index in [2.05, 4.69) is 18.8 Å². The van der Waals surface area contributed by atoms with Crippen molar-refractivity contribution in [3.63, 3.8) is 0 Å². The predicted molar refractivity (Wildman–Crippen MR) is 64.8 cm³/mol. The molecule has 0 aliphatic heterocycles. The van der Waals surface area contributed by atoms with Gasteiger partial charge < -0.3 is 15.2 Å². The second-order valence-electron chi connectivity index (χ2n) is 3.95. The summed E-state index contributed by atoms with van der Waals surface area (Å²) in [7, 11) is 1.57. The molecule has 1 aromatic rings. The van der Waals surface area contributed by atoms with Crippen molar-refractivity contribution in [2.45, 2.75) is 26.7 Å². The Morgan fingerprint density at radius 1 is 1.44 bits per heavy atom. The van der Waals surface area contributed by atoms with Crippen LogP contribution < -0.4 is 15.2 Å². The maximum Gasteiger partial charge on any atom is 0.240 e. The minimum Gasteiger partial charge on any atom is -0.481 e. The molecule has 0 saturated heterocycles. The van der Waals surface area contributed by atoms with E-state index >= 15 is 0 Å². The summed E-state index contributed by atoms with van der Waals surface area (Å²) in [6.45, 7) is 4.95. The standard InChI is InChI=1S/C12H20N2O2/c1-4-5-9(2)8-16-12-10(13)6-7-11(14-12)15-3/h6-7,9H,4-5,8,13H2,1-3H3. The first kappa shape index (κ1) is 12.6. The number of hydrogen-bond acceptors (Lipinski definition) is 4. The highest BCUT2D eigenvalue weighted by Gasteiger charge is 2.07. The second kappa shape index (κ2) is 6.20. The summed E-state index contributed by atoms with van der Waals surface area (Å²) >= 11 is 0. The molecular formula is C12H20N2O2. The molecule has 0 radical (unpaired) electrons. The average molecular weight is 224 g/mol. The number of nitrogen functional groups attached to an aromatic ring is 1. The zero-order valence-electron chi connectivity index (χ0n) is 10.2. The fraction of sp³-hybridized carbons (Fsp3) is 0.583. The number of anilines is 1. The first-order valence-corrected chi connectivity index (χ1v) is 5.60. The van der Waals surface area contributed by atoms with Crippen molar-refractivity contribution in [1.29, 1.82) is 0 Å². The van der Waals surface area contributed by atoms with E-state index in [1.54, 1.807) is 19.2 Å². The predicted octanol–water partition coefficient (Wildman–Crippen LogP) is 2.49. The molecule has 0 aliphatic carbocycles. The zero-order valence-corrected chi connectivity index (χ0v) is 10.2. The molecule has 1 heterocycles. The molecule has 1 aromatic heterocycles. The van der Waals surface area contributed by atoms with E-state index in [-0.39, 0.29) is 0 Å². The molecule has 90 valence electrons. The lowest BCUT2D eigenvalue weighted by Crippen LogP contribution is -2.10. The number of pyridine rings is 1. The number of nitrogens with two attached hydrogens (primary N) is 1. The quantitative estimate of drug-likeness (QED) is 0.806. The van der Waals surface area contributed by atoms with E-state index in [0.29, 0.717) is 30.0 Å². The Kier molecular flexibility index (Phi) is 4.89. The van der Waals surface area contributed by atoms with Crippen LogP contribution >= 0.6 is 0 Å². The molecule has 4 nitrogen and oxygen atoms in total. The number of methoxy groups -OCH3 is 1. The van der Waals surface area contributed by atoms with Gasteiger partial charge in [0, 0.05) is 6.07 Å². The molecular weight excluding hydrogens is 204 g/mol. The van der Waals surface area contributed by atoms with Gasteiger partial charge in [-0.2, -0.15) is 4.98 Å². The number of rotatable bonds is 6. The maximum atomic E-state index is 5.76. The van der Waals surface area contributed by atoms with Crippen LogP contribution in [-0.2, 0) is 0 Å². The van der Waals surface area contributed by atoms with E-state index in [1.165, 1.54) is 0 Å². The molecule has 0 bridgehead atoms. The minimum absolute atomic E-state index is 0.460. The Morgan fingerprint density at radius 2 is 2.19 bits per heavy atom. The summed E-state index contributed by atoms with van der Waals surface area (Å²) in [6, 6.07) is 3.46. The van der Waals surface area contributed by atoms with Crippen LogP contribution in [-0.4, -0.2) is 18.7 Å². The smallest absolute Gasteiger partial charge is 0.240 e. The molecule has 0 aliphatic rings. The molecule has 2 N–H and O–H groups in total. The van der Waals surface area contributed by atoms with Crippen molar-refractivity contribution in [2.75, 3.05) is 19.5 Å². The molecule has 1 unspecified atom stereocenters. The fourth-order valence-corrected chi connectivity index (χ4v) is 1.46. The van der Waals surface area contributed by atoms with Gasteiger partial charge in [0.25, 0.3) is 0 Å². The van der Waals surface area contributed by atoms with Crippen LogP contribution in [0.25, 0.3) is 0 Å². The van der Waals surface area contributed by atoms with Crippen LogP contribution in [0, 0.1) is 5.92 Å². The Morgan fingerprint density at radius 3 is 2.81 bits per heavy atom. The molecule has 16 heavy (non-hydrogen) atoms. The van der Waals surface area contributed by atoms with Gasteiger partial charge in [0.1, 0.15) is 0 Å². The SMILES string of the molecule is CCCC(C)COc1nc(OC)ccc1N. The molecule has 0 fully saturated rings. The normalized spacial score (nSPS) is 12.2. The summed E-state index contributed by atoms with van der Waals surface area (Å²) < 4.78 is 10.6. The van der Waals surface area contributed by atoms with Crippen molar-refractivity contribution in [1.82, 2.24) is 4.98 Å². The van der Waals surface area contributed by atoms with Crippen LogP contribution in [0.4, 0.5) is 5.69 Å². The van der Waals surface area contributed by atoms with Crippen LogP contribution in [0.5, 0.6) is 11.8 Å². The fourth-order valence-electron chi connectivity index (χ4n) is 1.46. The van der Waals surface area contributed by atoms with E-state index < -0.39 is 0 Å². The summed E-state index contributed by atoms with van der Waals surface area (Å²) in [5.74, 6) is 1.49. The first-order valence-electron chi connectivity index (χ1n) is 5.60. The van der Waals surface area contributed by atoms with Gasteiger partial charge in [-0.25, -0.2) is 0 Å². The lowest BCUT2D eigenvalue weighted by atomic mass is 10.1. The second-order valence-corrected chi connectivity index (χ2v) is 3.95. The largest absolute Gasteiger partial charge is 0.481 e. The van der Waals surface area contributed by atoms with Gasteiger partial charge in [0.05, 0.1) is 19.4 Å². The lowest BCUT2D eigenvalue weighted by molar-refractivity contribution is 0.241. The van der Waals surface area contributed by atoms with Crippen molar-refractivity contribution >= 4 is 5.69 Å². The van der Waals surface area contributed by atoms with E-state index in [1.807, 2.05) is 0 Å². The Hall–Kier alpha value is -1.45. The molecule has 4 heteroatoms. The third-order valence-corrected chi connectivity index (χ3v) is 2.36. The van der Waals surface area contributed by atoms with Gasteiger partial charge in [0.15, 0.2) is 0 Å². The van der Waals surface area contributed by atoms with Gasteiger partial charge >= 0.3 is 0 Å². The van der Waals surface area contributed by atoms with Crippen molar-refractivity contribution in [3.8, 4) is 11.8 Å². The van der Waals surface area contributed by atoms with Crippen LogP contribution in [0.3, 0.4) is 0 Å². The summed E-state index contributed by atoms with van der Waals surface area (Å²) in [5.41, 5.74) is 6.31. The highest BCUT2D eigenvalue weighted by atomic mass is 16.5. The number of nitrogens with zero attached hydrogens (tertiary/aromatic N) is 1. The molecule has 0 amide bonds. The molecule has 0 aromatic carbocycles. The summed E-state index contributed by atoms with van der Waals surface area (Å²) in [4.78, 5) is 4.15. The zero-order chi connectivity index (χ0) is 12.0. The Labute approximate surface area is 96.8 Å². The summed E-state index contributed by atoms with van der Waals surface area (Å²) in [5, 5.41) is 0. The molecule has 0 spiro atoms. The summed E-state index contributed by atoms with van der Waals surface area (Å²) in [6.07, 6.45) is 2.30. The first-order chi connectivity index (χ1) is 7.67. The monoisotopic (exact) mass is 224 g/mol. The van der Waals surface area contributed by atoms with Crippen molar-refractivity contribution in [3.05, 3.63) is 12.1 Å². The van der Waals surface area contributed by atoms with Gasteiger partial charge in [0.2, 0.25) is 11.8 Å². The number of ether oxygens (including phenoxy) is 2. The Bertz CT molecular complexity index is 329. The van der Waals surface area contributed by atoms with Crippen LogP contribution in [0.2, 0.25) is 0 Å². The number of aromatic nitrogens is 1. The topological polar surface area (TPSA) is 57.4 Å². The van der Waals surface area contributed by atoms with Gasteiger partial charge in [-0.3, -0.25) is 0 Å². The van der Waals surface area contributed by atoms with E-state index in [4.69, 9.17) is 15.2 Å². The van der Waals surface area contributed by atoms with Crippen LogP contribution in [0.1, 0.15) is 26.7 Å². The third kappa shape index (κ3) is 3.61. The molecule has 1 atom stereocenters. The van der Waals surface area contributed by atoms with Gasteiger partial charge in [-0.05, 0) is 18.4 Å². The highest BCUT2D eigenvalue weighted by molar-refractivity contribution is 5.49. The van der Waals surface area contributed by atoms with Gasteiger partial charge in [-0.1, -0.05) is 20.3 Å². The Balaban J connectivity index is 2.58. The lowest BCUT2D eigenvalue weighted by Gasteiger charge is -2.13. The van der Waals surface area contributed by atoms with Crippen LogP contribution in [0.15, 0.2) is 12.1 Å². The average Bonchev–Trinajstić information content (AvgIpc) is 2.28. The van der Waals surface area contributed by atoms with E-state index in [9.17, 15) is 0 Å². The maximum absolute atomic E-state index is 5.76. The highest BCUT2D eigenvalue weighted by Crippen LogP contribution is 2.22. The van der Waals surface area contributed by atoms with Crippen molar-refractivity contribution in [2.24, 2.45) is 5.92 Å².